The molecule has 0 bridgehead atoms. The van der Waals surface area contributed by atoms with Crippen molar-refractivity contribution in [2.45, 2.75) is 19.3 Å². The predicted octanol–water partition coefficient (Wildman–Crippen LogP) is 2.58. The second-order valence-electron chi connectivity index (χ2n) is 5.49. The van der Waals surface area contributed by atoms with Gasteiger partial charge in [0.1, 0.15) is 0 Å². The Hall–Kier alpha value is -0.810. The van der Waals surface area contributed by atoms with Crippen LogP contribution in [0.15, 0.2) is 18.2 Å². The highest BCUT2D eigenvalue weighted by Crippen LogP contribution is 2.20. The first-order chi connectivity index (χ1) is 10.5. The SMILES string of the molecule is CN(C)CCCNCCC(=O)NCCc1ccc(Cl)cc1Cl. The molecule has 0 aliphatic heterocycles. The Labute approximate surface area is 143 Å². The third kappa shape index (κ3) is 8.59. The Bertz CT molecular complexity index is 467. The molecule has 0 aliphatic rings. The van der Waals surface area contributed by atoms with E-state index in [1.54, 1.807) is 6.07 Å². The van der Waals surface area contributed by atoms with Crippen LogP contribution < -0.4 is 10.6 Å². The Balaban J connectivity index is 2.08. The predicted molar refractivity (Wildman–Crippen MR) is 93.8 cm³/mol. The summed E-state index contributed by atoms with van der Waals surface area (Å²) < 4.78 is 0. The molecule has 0 heterocycles. The molecule has 1 amide bonds. The third-order valence-electron chi connectivity index (χ3n) is 3.22. The number of hydrogen-bond donors (Lipinski definition) is 2. The zero-order chi connectivity index (χ0) is 16.4. The summed E-state index contributed by atoms with van der Waals surface area (Å²) >= 11 is 11.9. The summed E-state index contributed by atoms with van der Waals surface area (Å²) in [5.74, 6) is 0.0604. The average molecular weight is 346 g/mol. The van der Waals surface area contributed by atoms with Gasteiger partial charge in [0.05, 0.1) is 0 Å². The van der Waals surface area contributed by atoms with Crippen LogP contribution in [0.3, 0.4) is 0 Å². The van der Waals surface area contributed by atoms with Crippen LogP contribution in [-0.4, -0.2) is 51.1 Å². The first-order valence-corrected chi connectivity index (χ1v) is 8.30. The molecule has 0 aliphatic carbocycles. The summed E-state index contributed by atoms with van der Waals surface area (Å²) in [7, 11) is 4.11. The normalized spacial score (nSPS) is 11.0. The number of carbonyl (C=O) groups excluding carboxylic acids is 1. The van der Waals surface area contributed by atoms with Crippen molar-refractivity contribution in [2.75, 3.05) is 40.3 Å². The van der Waals surface area contributed by atoms with Gasteiger partial charge < -0.3 is 15.5 Å². The summed E-state index contributed by atoms with van der Waals surface area (Å²) in [5.41, 5.74) is 0.994. The molecule has 1 aromatic rings. The van der Waals surface area contributed by atoms with Crippen molar-refractivity contribution >= 4 is 29.1 Å². The Morgan fingerprint density at radius 3 is 2.64 bits per heavy atom. The van der Waals surface area contributed by atoms with Gasteiger partial charge >= 0.3 is 0 Å². The number of hydrogen-bond acceptors (Lipinski definition) is 3. The second kappa shape index (κ2) is 10.8. The van der Waals surface area contributed by atoms with E-state index in [0.717, 1.165) is 25.1 Å². The lowest BCUT2D eigenvalue weighted by Gasteiger charge is -2.10. The molecular weight excluding hydrogens is 321 g/mol. The molecule has 22 heavy (non-hydrogen) atoms. The van der Waals surface area contributed by atoms with Gasteiger partial charge in [-0.05, 0) is 57.7 Å². The maximum absolute atomic E-state index is 11.7. The molecule has 0 saturated heterocycles. The van der Waals surface area contributed by atoms with Crippen LogP contribution in [0.2, 0.25) is 10.0 Å². The number of rotatable bonds is 10. The highest BCUT2D eigenvalue weighted by molar-refractivity contribution is 6.35. The molecule has 0 spiro atoms. The monoisotopic (exact) mass is 345 g/mol. The van der Waals surface area contributed by atoms with E-state index >= 15 is 0 Å². The molecule has 6 heteroatoms. The van der Waals surface area contributed by atoms with Crippen LogP contribution in [0.4, 0.5) is 0 Å². The molecular formula is C16H25Cl2N3O. The van der Waals surface area contributed by atoms with E-state index in [4.69, 9.17) is 23.2 Å². The Kier molecular flexibility index (Phi) is 9.48. The van der Waals surface area contributed by atoms with Gasteiger partial charge in [-0.25, -0.2) is 0 Å². The quantitative estimate of drug-likeness (QED) is 0.640. The molecule has 0 fully saturated rings. The minimum absolute atomic E-state index is 0.0604. The third-order valence-corrected chi connectivity index (χ3v) is 3.81. The zero-order valence-corrected chi connectivity index (χ0v) is 14.8. The van der Waals surface area contributed by atoms with Crippen molar-refractivity contribution in [3.05, 3.63) is 33.8 Å². The first kappa shape index (κ1) is 19.2. The van der Waals surface area contributed by atoms with Gasteiger partial charge in [-0.1, -0.05) is 29.3 Å². The van der Waals surface area contributed by atoms with Gasteiger partial charge in [0.25, 0.3) is 0 Å². The topological polar surface area (TPSA) is 44.4 Å². The van der Waals surface area contributed by atoms with Crippen molar-refractivity contribution in [2.24, 2.45) is 0 Å². The van der Waals surface area contributed by atoms with Crippen molar-refractivity contribution in [1.82, 2.24) is 15.5 Å². The van der Waals surface area contributed by atoms with Crippen LogP contribution in [0.5, 0.6) is 0 Å². The molecule has 1 aromatic carbocycles. The van der Waals surface area contributed by atoms with Gasteiger partial charge in [0.2, 0.25) is 5.91 Å². The standard InChI is InChI=1S/C16H25Cl2N3O/c1-21(2)11-3-8-19-9-7-16(22)20-10-6-13-4-5-14(17)12-15(13)18/h4-5,12,19H,3,6-11H2,1-2H3,(H,20,22). The van der Waals surface area contributed by atoms with Crippen molar-refractivity contribution in [3.63, 3.8) is 0 Å². The summed E-state index contributed by atoms with van der Waals surface area (Å²) in [5, 5.41) is 7.44. The maximum Gasteiger partial charge on any atom is 0.221 e. The lowest BCUT2D eigenvalue weighted by Crippen LogP contribution is -2.30. The fourth-order valence-corrected chi connectivity index (χ4v) is 2.50. The number of carbonyl (C=O) groups is 1. The minimum Gasteiger partial charge on any atom is -0.356 e. The first-order valence-electron chi connectivity index (χ1n) is 7.55. The van der Waals surface area contributed by atoms with Crippen LogP contribution in [0.1, 0.15) is 18.4 Å². The molecule has 0 aromatic heterocycles. The van der Waals surface area contributed by atoms with Crippen molar-refractivity contribution < 1.29 is 4.79 Å². The molecule has 0 radical (unpaired) electrons. The summed E-state index contributed by atoms with van der Waals surface area (Å²) in [6, 6.07) is 5.42. The maximum atomic E-state index is 11.7. The van der Waals surface area contributed by atoms with E-state index < -0.39 is 0 Å². The molecule has 2 N–H and O–H groups in total. The van der Waals surface area contributed by atoms with E-state index in [0.29, 0.717) is 36.0 Å². The fourth-order valence-electron chi connectivity index (χ4n) is 2.00. The largest absolute Gasteiger partial charge is 0.356 e. The van der Waals surface area contributed by atoms with Crippen LogP contribution in [0.25, 0.3) is 0 Å². The molecule has 124 valence electrons. The summed E-state index contributed by atoms with van der Waals surface area (Å²) in [6.45, 7) is 3.29. The number of amides is 1. The van der Waals surface area contributed by atoms with Gasteiger partial charge in [-0.2, -0.15) is 0 Å². The summed E-state index contributed by atoms with van der Waals surface area (Å²) in [4.78, 5) is 13.8. The lowest BCUT2D eigenvalue weighted by molar-refractivity contribution is -0.120. The molecule has 1 rings (SSSR count). The van der Waals surface area contributed by atoms with Gasteiger partial charge in [0.15, 0.2) is 0 Å². The molecule has 0 saturated carbocycles. The van der Waals surface area contributed by atoms with Crippen molar-refractivity contribution in [1.29, 1.82) is 0 Å². The molecule has 0 unspecified atom stereocenters. The molecule has 4 nitrogen and oxygen atoms in total. The lowest BCUT2D eigenvalue weighted by atomic mass is 10.1. The van der Waals surface area contributed by atoms with Gasteiger partial charge in [0, 0.05) is 29.6 Å². The zero-order valence-electron chi connectivity index (χ0n) is 13.3. The number of halogens is 2. The van der Waals surface area contributed by atoms with E-state index in [1.165, 1.54) is 0 Å². The van der Waals surface area contributed by atoms with Crippen molar-refractivity contribution in [3.8, 4) is 0 Å². The van der Waals surface area contributed by atoms with Crippen LogP contribution in [0, 0.1) is 0 Å². The fraction of sp³-hybridized carbons (Fsp3) is 0.562. The highest BCUT2D eigenvalue weighted by atomic mass is 35.5. The van der Waals surface area contributed by atoms with E-state index in [2.05, 4.69) is 29.6 Å². The Morgan fingerprint density at radius 2 is 1.95 bits per heavy atom. The summed E-state index contributed by atoms with van der Waals surface area (Å²) in [6.07, 6.45) is 2.29. The van der Waals surface area contributed by atoms with Crippen LogP contribution in [-0.2, 0) is 11.2 Å². The Morgan fingerprint density at radius 1 is 1.18 bits per heavy atom. The number of nitrogens with zero attached hydrogens (tertiary/aromatic N) is 1. The number of nitrogens with one attached hydrogen (secondary N) is 2. The van der Waals surface area contributed by atoms with Crippen LogP contribution >= 0.6 is 23.2 Å². The molecule has 0 atom stereocenters. The van der Waals surface area contributed by atoms with E-state index in [-0.39, 0.29) is 5.91 Å². The average Bonchev–Trinajstić information content (AvgIpc) is 2.44. The second-order valence-corrected chi connectivity index (χ2v) is 6.34. The number of benzene rings is 1. The van der Waals surface area contributed by atoms with Gasteiger partial charge in [-0.15, -0.1) is 0 Å². The van der Waals surface area contributed by atoms with E-state index in [1.807, 2.05) is 12.1 Å². The smallest absolute Gasteiger partial charge is 0.221 e. The minimum atomic E-state index is 0.0604. The van der Waals surface area contributed by atoms with Gasteiger partial charge in [-0.3, -0.25) is 4.79 Å². The van der Waals surface area contributed by atoms with E-state index in [9.17, 15) is 4.79 Å². The highest BCUT2D eigenvalue weighted by Gasteiger charge is 2.03.